The van der Waals surface area contributed by atoms with Crippen LogP contribution in [0.15, 0.2) is 0 Å². The number of aliphatic hydroxyl groups is 1. The van der Waals surface area contributed by atoms with E-state index in [0.29, 0.717) is 6.42 Å². The average Bonchev–Trinajstić information content (AvgIpc) is 3.07. The Morgan fingerprint density at radius 1 is 0.914 bits per heavy atom. The fraction of sp³-hybridized carbons (Fsp3) is 0.881. The summed E-state index contributed by atoms with van der Waals surface area (Å²) in [7, 11) is 5.17. The molecule has 0 saturated carbocycles. The molecule has 2 heterocycles. The number of likely N-dealkylation sites (N-methyl/N-ethyl adjacent to an activating group) is 1. The van der Waals surface area contributed by atoms with Gasteiger partial charge in [0.15, 0.2) is 12.4 Å². The summed E-state index contributed by atoms with van der Waals surface area (Å²) < 4.78 is 48.6. The predicted molar refractivity (Wildman–Crippen MR) is 214 cm³/mol. The molecule has 2 aliphatic rings. The lowest BCUT2D eigenvalue weighted by molar-refractivity contribution is -0.303. The lowest BCUT2D eigenvalue weighted by Crippen LogP contribution is -2.63. The van der Waals surface area contributed by atoms with Gasteiger partial charge in [-0.15, -0.1) is 0 Å². The van der Waals surface area contributed by atoms with Gasteiger partial charge in [0.1, 0.15) is 34.8 Å². The minimum atomic E-state index is -2.01. The molecule has 2 fully saturated rings. The van der Waals surface area contributed by atoms with Gasteiger partial charge < -0.3 is 53.2 Å². The molecule has 2 saturated heterocycles. The summed E-state index contributed by atoms with van der Waals surface area (Å²) in [5.41, 5.74) is -5.26. The van der Waals surface area contributed by atoms with E-state index in [4.69, 9.17) is 37.9 Å². The van der Waals surface area contributed by atoms with Crippen molar-refractivity contribution in [3.8, 4) is 0 Å². The Labute approximate surface area is 346 Å². The van der Waals surface area contributed by atoms with E-state index in [1.165, 1.54) is 27.9 Å². The van der Waals surface area contributed by atoms with Crippen LogP contribution in [0.2, 0.25) is 0 Å². The molecule has 2 aliphatic heterocycles. The van der Waals surface area contributed by atoms with E-state index in [-0.39, 0.29) is 30.8 Å². The third kappa shape index (κ3) is 13.5. The van der Waals surface area contributed by atoms with Crippen LogP contribution in [0.3, 0.4) is 0 Å². The molecule has 16 heteroatoms. The summed E-state index contributed by atoms with van der Waals surface area (Å²) >= 11 is 0. The number of esters is 2. The van der Waals surface area contributed by atoms with E-state index < -0.39 is 107 Å². The third-order valence-corrected chi connectivity index (χ3v) is 11.1. The van der Waals surface area contributed by atoms with Crippen LogP contribution in [0.1, 0.15) is 123 Å². The number of rotatable bonds is 8. The Morgan fingerprint density at radius 2 is 1.48 bits per heavy atom. The van der Waals surface area contributed by atoms with E-state index in [9.17, 15) is 29.1 Å². The van der Waals surface area contributed by atoms with Crippen molar-refractivity contribution in [1.29, 1.82) is 0 Å². The number of Topliss-reactive ketones (excluding diaryl/α,β-unsaturated/α-hetero) is 1. The summed E-state index contributed by atoms with van der Waals surface area (Å²) in [5.74, 6) is -5.71. The number of hydrogen-bond acceptors (Lipinski definition) is 15. The zero-order chi connectivity index (χ0) is 44.9. The lowest BCUT2D eigenvalue weighted by Gasteiger charge is -2.49. The zero-order valence-electron chi connectivity index (χ0n) is 38.3. The first-order valence-corrected chi connectivity index (χ1v) is 20.4. The van der Waals surface area contributed by atoms with Gasteiger partial charge in [-0.25, -0.2) is 9.59 Å². The van der Waals surface area contributed by atoms with E-state index in [1.807, 2.05) is 25.9 Å². The van der Waals surface area contributed by atoms with Crippen molar-refractivity contribution < 1.29 is 67.0 Å². The van der Waals surface area contributed by atoms with E-state index >= 15 is 0 Å². The normalized spacial score (nSPS) is 37.2. The number of nitrogens with one attached hydrogen (secondary N) is 1. The molecule has 336 valence electrons. The molecular formula is C42H74N2O14. The summed E-state index contributed by atoms with van der Waals surface area (Å²) in [5, 5.41) is 15.0. The first kappa shape index (κ1) is 51.1. The van der Waals surface area contributed by atoms with Crippen LogP contribution >= 0.6 is 0 Å². The minimum Gasteiger partial charge on any atom is -0.459 e. The molecule has 2 N–H and O–H groups in total. The number of ether oxygens (including phenoxy) is 8. The maximum absolute atomic E-state index is 14.6. The van der Waals surface area contributed by atoms with Gasteiger partial charge >= 0.3 is 24.2 Å². The maximum Gasteiger partial charge on any atom is 0.509 e. The number of amides is 1. The minimum absolute atomic E-state index is 0.00971. The van der Waals surface area contributed by atoms with Gasteiger partial charge in [0.25, 0.3) is 0 Å². The van der Waals surface area contributed by atoms with E-state index in [1.54, 1.807) is 76.2 Å². The number of nitrogens with zero attached hydrogens (tertiary/aromatic N) is 1. The van der Waals surface area contributed by atoms with Crippen molar-refractivity contribution in [2.75, 3.05) is 21.2 Å². The number of hydrogen-bond donors (Lipinski definition) is 2. The highest BCUT2D eigenvalue weighted by atomic mass is 16.7. The Kier molecular flexibility index (Phi) is 17.6. The number of carbonyl (C=O) groups excluding carboxylic acids is 5. The molecule has 16 nitrogen and oxygen atoms in total. The fourth-order valence-electron chi connectivity index (χ4n) is 8.19. The SMILES string of the molecule is CC[C@H]1OC(=O)[C@H](C)[C@@H](OC(=O)OC(C)(C)C)[C@H](C)[C@@H](O[C@@H]2O[C@H](C)C[C@H](N(C)C)[C@H]2OC(C)=O)[C@](C)(OC)C[C@@H](C)C(=O)[C@H](C)[C@@H](NC(=O)OC(C)(C)C)[C@]1(C)O. The summed E-state index contributed by atoms with van der Waals surface area (Å²) in [6.07, 6.45) is -7.45. The second-order valence-corrected chi connectivity index (χ2v) is 18.9. The smallest absolute Gasteiger partial charge is 0.459 e. The highest BCUT2D eigenvalue weighted by molar-refractivity contribution is 5.84. The van der Waals surface area contributed by atoms with Crippen LogP contribution in [0, 0.1) is 23.7 Å². The molecular weight excluding hydrogens is 756 g/mol. The van der Waals surface area contributed by atoms with Gasteiger partial charge in [-0.2, -0.15) is 0 Å². The molecule has 0 unspecified atom stereocenters. The first-order valence-electron chi connectivity index (χ1n) is 20.4. The standard InChI is InChI=1S/C42H74N2O14/c1-19-29-42(15,50)33(43-37(48)57-39(8,9)10)24(4)30(46)22(2)21-41(14,51-18)34(56-36-32(53-27(7)45)28(44(16)17)20-23(3)52-36)25(5)31(26(6)35(47)54-29)55-38(49)58-40(11,12)13/h22-26,28-29,31-34,36,50H,19-21H2,1-18H3,(H,43,48)/t22-,23-,24+,25+,26-,28+,29-,31+,32-,33-,34-,36+,41-,42-/m1/s1. The highest BCUT2D eigenvalue weighted by Gasteiger charge is 2.54. The second-order valence-electron chi connectivity index (χ2n) is 18.9. The quantitative estimate of drug-likeness (QED) is 0.227. The Hall–Kier alpha value is -3.05. The number of methoxy groups -OCH3 is 1. The summed E-state index contributed by atoms with van der Waals surface area (Å²) in [6, 6.07) is -1.62. The lowest BCUT2D eigenvalue weighted by atomic mass is 9.73. The van der Waals surface area contributed by atoms with Crippen molar-refractivity contribution in [1.82, 2.24) is 10.2 Å². The molecule has 58 heavy (non-hydrogen) atoms. The Balaban J connectivity index is 2.93. The van der Waals surface area contributed by atoms with Crippen molar-refractivity contribution in [3.05, 3.63) is 0 Å². The summed E-state index contributed by atoms with van der Waals surface area (Å²) in [6.45, 7) is 24.6. The molecule has 0 radical (unpaired) electrons. The highest BCUT2D eigenvalue weighted by Crippen LogP contribution is 2.40. The van der Waals surface area contributed by atoms with Gasteiger partial charge in [-0.3, -0.25) is 14.4 Å². The molecule has 0 aromatic heterocycles. The van der Waals surface area contributed by atoms with Crippen molar-refractivity contribution in [2.45, 2.75) is 194 Å². The fourth-order valence-corrected chi connectivity index (χ4v) is 8.19. The largest absolute Gasteiger partial charge is 0.509 e. The van der Waals surface area contributed by atoms with E-state index in [2.05, 4.69) is 5.32 Å². The van der Waals surface area contributed by atoms with Gasteiger partial charge in [-0.05, 0) is 103 Å². The van der Waals surface area contributed by atoms with Gasteiger partial charge in [0.05, 0.1) is 35.8 Å². The topological polar surface area (TPSA) is 195 Å². The third-order valence-electron chi connectivity index (χ3n) is 11.1. The van der Waals surface area contributed by atoms with Gasteiger partial charge in [0, 0.05) is 31.8 Å². The van der Waals surface area contributed by atoms with Crippen molar-refractivity contribution >= 4 is 30.0 Å². The monoisotopic (exact) mass is 831 g/mol. The van der Waals surface area contributed by atoms with Crippen LogP contribution in [-0.4, -0.2) is 132 Å². The number of alkyl carbamates (subject to hydrolysis) is 1. The maximum atomic E-state index is 14.6. The van der Waals surface area contributed by atoms with Crippen molar-refractivity contribution in [2.24, 2.45) is 23.7 Å². The first-order chi connectivity index (χ1) is 26.4. The Bertz CT molecular complexity index is 1420. The average molecular weight is 831 g/mol. The Morgan fingerprint density at radius 3 is 1.97 bits per heavy atom. The molecule has 14 atom stereocenters. The zero-order valence-corrected chi connectivity index (χ0v) is 38.3. The van der Waals surface area contributed by atoms with Gasteiger partial charge in [0.2, 0.25) is 0 Å². The van der Waals surface area contributed by atoms with Crippen LogP contribution in [0.25, 0.3) is 0 Å². The number of cyclic esters (lactones) is 1. The van der Waals surface area contributed by atoms with E-state index in [0.717, 1.165) is 0 Å². The molecule has 0 aliphatic carbocycles. The van der Waals surface area contributed by atoms with Gasteiger partial charge in [-0.1, -0.05) is 27.7 Å². The molecule has 0 bridgehead atoms. The predicted octanol–water partition coefficient (Wildman–Crippen LogP) is 5.58. The second kappa shape index (κ2) is 20.0. The van der Waals surface area contributed by atoms with Crippen LogP contribution in [-0.2, 0) is 52.3 Å². The van der Waals surface area contributed by atoms with Crippen LogP contribution in [0.5, 0.6) is 0 Å². The van der Waals surface area contributed by atoms with Crippen LogP contribution in [0.4, 0.5) is 9.59 Å². The molecule has 0 spiro atoms. The number of carbonyl (C=O) groups is 5. The van der Waals surface area contributed by atoms with Crippen molar-refractivity contribution in [3.63, 3.8) is 0 Å². The molecule has 1 amide bonds. The summed E-state index contributed by atoms with van der Waals surface area (Å²) in [4.78, 5) is 70.1. The molecule has 0 aromatic rings. The van der Waals surface area contributed by atoms with Crippen LogP contribution < -0.4 is 5.32 Å². The molecule has 0 aromatic carbocycles. The number of ketones is 1. The molecule has 2 rings (SSSR count).